The van der Waals surface area contributed by atoms with Gasteiger partial charge in [0.15, 0.2) is 5.92 Å². The standard InChI is InChI=1S/C12H14O5/c1-16-11(14)9(12(15)17-2)7-8-5-3-4-6-10(8)13/h3-6,9,13H,7H2,1-2H3. The minimum Gasteiger partial charge on any atom is -0.508 e. The maximum absolute atomic E-state index is 11.4. The van der Waals surface area contributed by atoms with Crippen LogP contribution in [0.3, 0.4) is 0 Å². The molecule has 1 aromatic carbocycles. The van der Waals surface area contributed by atoms with E-state index in [1.807, 2.05) is 0 Å². The van der Waals surface area contributed by atoms with Crippen LogP contribution in [0.2, 0.25) is 0 Å². The Bertz CT molecular complexity index is 397. The van der Waals surface area contributed by atoms with Gasteiger partial charge in [-0.05, 0) is 18.1 Å². The zero-order valence-electron chi connectivity index (χ0n) is 9.67. The Labute approximate surface area is 99.0 Å². The van der Waals surface area contributed by atoms with Gasteiger partial charge in [0.2, 0.25) is 0 Å². The molecular weight excluding hydrogens is 224 g/mol. The van der Waals surface area contributed by atoms with E-state index in [0.29, 0.717) is 5.56 Å². The summed E-state index contributed by atoms with van der Waals surface area (Å²) in [6.45, 7) is 0. The predicted octanol–water partition coefficient (Wildman–Crippen LogP) is 0.897. The van der Waals surface area contributed by atoms with Crippen LogP contribution in [0.4, 0.5) is 0 Å². The number of aromatic hydroxyl groups is 1. The molecule has 0 atom stereocenters. The summed E-state index contributed by atoms with van der Waals surface area (Å²) < 4.78 is 9.05. The van der Waals surface area contributed by atoms with Crippen molar-refractivity contribution in [1.82, 2.24) is 0 Å². The van der Waals surface area contributed by atoms with Crippen LogP contribution in [0, 0.1) is 5.92 Å². The number of hydrogen-bond acceptors (Lipinski definition) is 5. The van der Waals surface area contributed by atoms with Crippen LogP contribution in [0.15, 0.2) is 24.3 Å². The lowest BCUT2D eigenvalue weighted by atomic mass is 9.99. The van der Waals surface area contributed by atoms with Crippen molar-refractivity contribution in [2.45, 2.75) is 6.42 Å². The van der Waals surface area contributed by atoms with Crippen molar-refractivity contribution in [3.05, 3.63) is 29.8 Å². The average molecular weight is 238 g/mol. The molecule has 0 fully saturated rings. The summed E-state index contributed by atoms with van der Waals surface area (Å²) in [5, 5.41) is 9.56. The fourth-order valence-corrected chi connectivity index (χ4v) is 1.45. The van der Waals surface area contributed by atoms with Crippen molar-refractivity contribution in [2.75, 3.05) is 14.2 Å². The van der Waals surface area contributed by atoms with E-state index in [1.165, 1.54) is 20.3 Å². The van der Waals surface area contributed by atoms with Crippen molar-refractivity contribution in [2.24, 2.45) is 5.92 Å². The van der Waals surface area contributed by atoms with Crippen LogP contribution < -0.4 is 0 Å². The lowest BCUT2D eigenvalue weighted by molar-refractivity contribution is -0.158. The van der Waals surface area contributed by atoms with Gasteiger partial charge in [-0.1, -0.05) is 18.2 Å². The number of hydrogen-bond donors (Lipinski definition) is 1. The second-order valence-electron chi connectivity index (χ2n) is 3.43. The Morgan fingerprint density at radius 1 is 1.18 bits per heavy atom. The molecule has 1 N–H and O–H groups in total. The molecule has 17 heavy (non-hydrogen) atoms. The molecule has 0 aliphatic heterocycles. The van der Waals surface area contributed by atoms with Crippen molar-refractivity contribution in [3.63, 3.8) is 0 Å². The fourth-order valence-electron chi connectivity index (χ4n) is 1.45. The van der Waals surface area contributed by atoms with E-state index in [0.717, 1.165) is 0 Å². The number of methoxy groups -OCH3 is 2. The van der Waals surface area contributed by atoms with E-state index in [2.05, 4.69) is 9.47 Å². The molecule has 0 aromatic heterocycles. The summed E-state index contributed by atoms with van der Waals surface area (Å²) in [5.41, 5.74) is 0.494. The van der Waals surface area contributed by atoms with E-state index in [9.17, 15) is 14.7 Å². The smallest absolute Gasteiger partial charge is 0.320 e. The first-order valence-electron chi connectivity index (χ1n) is 5.02. The number of ether oxygens (including phenoxy) is 2. The average Bonchev–Trinajstić information content (AvgIpc) is 2.36. The number of para-hydroxylation sites is 1. The van der Waals surface area contributed by atoms with E-state index in [1.54, 1.807) is 18.2 Å². The molecule has 0 bridgehead atoms. The molecule has 0 heterocycles. The molecule has 0 radical (unpaired) electrons. The van der Waals surface area contributed by atoms with Gasteiger partial charge in [-0.25, -0.2) is 0 Å². The van der Waals surface area contributed by atoms with Gasteiger partial charge in [-0.3, -0.25) is 9.59 Å². The summed E-state index contributed by atoms with van der Waals surface area (Å²) in [4.78, 5) is 22.8. The topological polar surface area (TPSA) is 72.8 Å². The fraction of sp³-hybridized carbons (Fsp3) is 0.333. The zero-order chi connectivity index (χ0) is 12.8. The van der Waals surface area contributed by atoms with E-state index < -0.39 is 17.9 Å². The molecule has 0 aliphatic rings. The molecule has 0 aliphatic carbocycles. The van der Waals surface area contributed by atoms with Crippen LogP contribution in [0.5, 0.6) is 5.75 Å². The van der Waals surface area contributed by atoms with E-state index in [4.69, 9.17) is 0 Å². The molecule has 92 valence electrons. The highest BCUT2D eigenvalue weighted by Gasteiger charge is 2.29. The Balaban J connectivity index is 2.91. The van der Waals surface area contributed by atoms with Crippen molar-refractivity contribution in [3.8, 4) is 5.75 Å². The largest absolute Gasteiger partial charge is 0.508 e. The summed E-state index contributed by atoms with van der Waals surface area (Å²) in [6.07, 6.45) is 0.0476. The molecule has 5 heteroatoms. The second kappa shape index (κ2) is 5.89. The zero-order valence-corrected chi connectivity index (χ0v) is 9.67. The van der Waals surface area contributed by atoms with Crippen molar-refractivity contribution < 1.29 is 24.2 Å². The minimum atomic E-state index is -1.06. The van der Waals surface area contributed by atoms with E-state index in [-0.39, 0.29) is 12.2 Å². The van der Waals surface area contributed by atoms with Crippen LogP contribution in [0.1, 0.15) is 5.56 Å². The summed E-state index contributed by atoms with van der Waals surface area (Å²) in [5.74, 6) is -2.39. The quantitative estimate of drug-likeness (QED) is 0.623. The van der Waals surface area contributed by atoms with Gasteiger partial charge in [0.25, 0.3) is 0 Å². The first kappa shape index (κ1) is 13.0. The Morgan fingerprint density at radius 2 is 1.71 bits per heavy atom. The number of benzene rings is 1. The van der Waals surface area contributed by atoms with Crippen molar-refractivity contribution in [1.29, 1.82) is 0 Å². The number of phenolic OH excluding ortho intramolecular Hbond substituents is 1. The Hall–Kier alpha value is -2.04. The lowest BCUT2D eigenvalue weighted by Gasteiger charge is -2.12. The summed E-state index contributed by atoms with van der Waals surface area (Å²) in [6, 6.07) is 6.49. The first-order valence-corrected chi connectivity index (χ1v) is 5.02. The predicted molar refractivity (Wildman–Crippen MR) is 59.3 cm³/mol. The highest BCUT2D eigenvalue weighted by atomic mass is 16.5. The van der Waals surface area contributed by atoms with Crippen LogP contribution >= 0.6 is 0 Å². The molecule has 5 nitrogen and oxygen atoms in total. The van der Waals surface area contributed by atoms with Gasteiger partial charge >= 0.3 is 11.9 Å². The monoisotopic (exact) mass is 238 g/mol. The van der Waals surface area contributed by atoms with Gasteiger partial charge in [-0.15, -0.1) is 0 Å². The lowest BCUT2D eigenvalue weighted by Crippen LogP contribution is -2.28. The summed E-state index contributed by atoms with van der Waals surface area (Å²) >= 11 is 0. The number of carbonyl (C=O) groups is 2. The van der Waals surface area contributed by atoms with Crippen molar-refractivity contribution >= 4 is 11.9 Å². The van der Waals surface area contributed by atoms with Crippen LogP contribution in [-0.2, 0) is 25.5 Å². The normalized spacial score (nSPS) is 10.1. The number of esters is 2. The number of rotatable bonds is 4. The minimum absolute atomic E-state index is 0.0327. The molecule has 0 saturated heterocycles. The third-order valence-electron chi connectivity index (χ3n) is 2.39. The van der Waals surface area contributed by atoms with E-state index >= 15 is 0 Å². The first-order chi connectivity index (χ1) is 8.10. The number of phenols is 1. The van der Waals surface area contributed by atoms with Crippen LogP contribution in [-0.4, -0.2) is 31.3 Å². The molecule has 0 spiro atoms. The number of carbonyl (C=O) groups excluding carboxylic acids is 2. The highest BCUT2D eigenvalue weighted by molar-refractivity contribution is 5.95. The second-order valence-corrected chi connectivity index (χ2v) is 3.43. The molecule has 0 unspecified atom stereocenters. The Morgan fingerprint density at radius 3 is 2.18 bits per heavy atom. The molecular formula is C12H14O5. The SMILES string of the molecule is COC(=O)C(Cc1ccccc1O)C(=O)OC. The molecule has 0 amide bonds. The van der Waals surface area contributed by atoms with Gasteiger partial charge < -0.3 is 14.6 Å². The van der Waals surface area contributed by atoms with Gasteiger partial charge in [-0.2, -0.15) is 0 Å². The third-order valence-corrected chi connectivity index (χ3v) is 2.39. The maximum Gasteiger partial charge on any atom is 0.320 e. The van der Waals surface area contributed by atoms with Gasteiger partial charge in [0.1, 0.15) is 5.75 Å². The third kappa shape index (κ3) is 3.21. The highest BCUT2D eigenvalue weighted by Crippen LogP contribution is 2.20. The summed E-state index contributed by atoms with van der Waals surface area (Å²) in [7, 11) is 2.40. The molecule has 0 saturated carbocycles. The van der Waals surface area contributed by atoms with Gasteiger partial charge in [0, 0.05) is 0 Å². The molecule has 1 aromatic rings. The Kier molecular flexibility index (Phi) is 4.51. The van der Waals surface area contributed by atoms with Gasteiger partial charge in [0.05, 0.1) is 14.2 Å². The molecule has 1 rings (SSSR count). The maximum atomic E-state index is 11.4. The van der Waals surface area contributed by atoms with Crippen LogP contribution in [0.25, 0.3) is 0 Å².